The van der Waals surface area contributed by atoms with Crippen molar-refractivity contribution in [1.82, 2.24) is 24.5 Å². The molecule has 2 aromatic carbocycles. The number of non-ortho nitro benzene ring substituents is 1. The summed E-state index contributed by atoms with van der Waals surface area (Å²) < 4.78 is 23.4. The van der Waals surface area contributed by atoms with Crippen molar-refractivity contribution in [3.8, 4) is 34.1 Å². The zero-order valence-corrected chi connectivity index (χ0v) is 21.2. The minimum Gasteiger partial charge on any atom is -0.421 e. The minimum absolute atomic E-state index is 0.0266. The molecule has 0 fully saturated rings. The number of nitrogens with one attached hydrogen (secondary N) is 1. The number of nitro benzene ring substituents is 1. The highest BCUT2D eigenvalue weighted by molar-refractivity contribution is 6.09. The van der Waals surface area contributed by atoms with Gasteiger partial charge in [0.15, 0.2) is 11.6 Å². The molecule has 0 unspecified atom stereocenters. The minimum atomic E-state index is -0.737. The van der Waals surface area contributed by atoms with Gasteiger partial charge in [-0.15, -0.1) is 0 Å². The molecule has 39 heavy (non-hydrogen) atoms. The average molecular weight is 528 g/mol. The molecule has 5 aromatic rings. The van der Waals surface area contributed by atoms with E-state index in [4.69, 9.17) is 4.74 Å². The number of hydrogen-bond acceptors (Lipinski definition) is 9. The number of aromatic nitrogens is 5. The van der Waals surface area contributed by atoms with Gasteiger partial charge in [0.2, 0.25) is 0 Å². The predicted molar refractivity (Wildman–Crippen MR) is 142 cm³/mol. The summed E-state index contributed by atoms with van der Waals surface area (Å²) in [4.78, 5) is 39.5. The fraction of sp³-hybridized carbons (Fsp3) is 0.148. The number of aldehydes is 1. The molecule has 0 amide bonds. The molecule has 0 aliphatic carbocycles. The first-order valence-corrected chi connectivity index (χ1v) is 11.8. The first-order valence-electron chi connectivity index (χ1n) is 11.8. The van der Waals surface area contributed by atoms with Crippen molar-refractivity contribution in [2.45, 2.75) is 13.3 Å². The predicted octanol–water partition coefficient (Wildman–Crippen LogP) is 5.02. The van der Waals surface area contributed by atoms with E-state index in [0.29, 0.717) is 51.2 Å². The quantitative estimate of drug-likeness (QED) is 0.167. The average Bonchev–Trinajstić information content (AvgIpc) is 3.23. The molecule has 5 rings (SSSR count). The Bertz CT molecular complexity index is 1740. The Morgan fingerprint density at radius 3 is 2.56 bits per heavy atom. The number of benzene rings is 2. The van der Waals surface area contributed by atoms with Crippen LogP contribution in [0.15, 0.2) is 55.0 Å². The monoisotopic (exact) mass is 527 g/mol. The molecule has 0 bridgehead atoms. The Labute approximate surface area is 221 Å². The van der Waals surface area contributed by atoms with Gasteiger partial charge in [-0.1, -0.05) is 6.07 Å². The lowest BCUT2D eigenvalue weighted by Crippen LogP contribution is -2.02. The van der Waals surface area contributed by atoms with Gasteiger partial charge < -0.3 is 19.4 Å². The van der Waals surface area contributed by atoms with Gasteiger partial charge in [0.25, 0.3) is 5.69 Å². The molecule has 11 nitrogen and oxygen atoms in total. The number of carbonyl (C=O) groups is 1. The van der Waals surface area contributed by atoms with E-state index in [-0.39, 0.29) is 29.4 Å². The molecular weight excluding hydrogens is 505 g/mol. The summed E-state index contributed by atoms with van der Waals surface area (Å²) in [5.74, 6) is -0.382. The first-order chi connectivity index (χ1) is 18.8. The van der Waals surface area contributed by atoms with Gasteiger partial charge in [0.1, 0.15) is 24.1 Å². The first kappa shape index (κ1) is 25.4. The van der Waals surface area contributed by atoms with Gasteiger partial charge in [0, 0.05) is 55.7 Å². The number of nitrogens with zero attached hydrogens (tertiary/aromatic N) is 6. The van der Waals surface area contributed by atoms with Crippen LogP contribution in [0.3, 0.4) is 0 Å². The van der Waals surface area contributed by atoms with Crippen LogP contribution in [-0.2, 0) is 18.3 Å². The number of aryl methyl sites for hydroxylation is 2. The zero-order valence-electron chi connectivity index (χ0n) is 21.2. The number of nitro groups is 1. The Morgan fingerprint density at radius 1 is 1.13 bits per heavy atom. The van der Waals surface area contributed by atoms with E-state index in [1.165, 1.54) is 30.7 Å². The Balaban J connectivity index is 1.79. The number of fused-ring (bicyclic) bond motifs is 1. The largest absolute Gasteiger partial charge is 0.421 e. The molecular formula is C27H22FN7O4. The maximum absolute atomic E-state index is 16.0. The van der Waals surface area contributed by atoms with Crippen molar-refractivity contribution in [3.05, 3.63) is 82.2 Å². The van der Waals surface area contributed by atoms with E-state index in [1.54, 1.807) is 45.3 Å². The molecule has 3 aromatic heterocycles. The maximum atomic E-state index is 16.0. The van der Waals surface area contributed by atoms with Crippen molar-refractivity contribution in [3.63, 3.8) is 0 Å². The molecule has 0 spiro atoms. The lowest BCUT2D eigenvalue weighted by atomic mass is 9.93. The second-order valence-electron chi connectivity index (χ2n) is 8.61. The SMILES string of the molecule is CNc1ncnc2c1c(-c1ccc(Oc3nccc(C)n3)c(F)c1CC=O)c(-c1ccc([N+](=O)[O-])cc1)n2C. The number of carbonyl (C=O) groups excluding carboxylic acids is 1. The van der Waals surface area contributed by atoms with Gasteiger partial charge in [-0.05, 0) is 42.3 Å². The van der Waals surface area contributed by atoms with Crippen molar-refractivity contribution in [2.75, 3.05) is 12.4 Å². The fourth-order valence-corrected chi connectivity index (χ4v) is 4.55. The maximum Gasteiger partial charge on any atom is 0.322 e. The summed E-state index contributed by atoms with van der Waals surface area (Å²) in [6.45, 7) is 1.76. The summed E-state index contributed by atoms with van der Waals surface area (Å²) in [5, 5.41) is 14.9. The van der Waals surface area contributed by atoms with Crippen molar-refractivity contribution in [1.29, 1.82) is 0 Å². The third-order valence-corrected chi connectivity index (χ3v) is 6.29. The molecule has 196 valence electrons. The van der Waals surface area contributed by atoms with E-state index < -0.39 is 10.7 Å². The van der Waals surface area contributed by atoms with Gasteiger partial charge in [-0.25, -0.2) is 24.3 Å². The van der Waals surface area contributed by atoms with E-state index in [0.717, 1.165) is 0 Å². The van der Waals surface area contributed by atoms with Crippen LogP contribution in [0, 0.1) is 22.9 Å². The number of ether oxygens (including phenoxy) is 1. The van der Waals surface area contributed by atoms with Crippen LogP contribution < -0.4 is 10.1 Å². The van der Waals surface area contributed by atoms with Gasteiger partial charge in [0.05, 0.1) is 16.0 Å². The number of rotatable bonds is 8. The van der Waals surface area contributed by atoms with Crippen molar-refractivity contribution in [2.24, 2.45) is 7.05 Å². The summed E-state index contributed by atoms with van der Waals surface area (Å²) >= 11 is 0. The van der Waals surface area contributed by atoms with Crippen LogP contribution >= 0.6 is 0 Å². The highest BCUT2D eigenvalue weighted by atomic mass is 19.1. The Kier molecular flexibility index (Phi) is 6.67. The molecule has 0 radical (unpaired) electrons. The smallest absolute Gasteiger partial charge is 0.322 e. The van der Waals surface area contributed by atoms with Crippen LogP contribution in [0.4, 0.5) is 15.9 Å². The second kappa shape index (κ2) is 10.2. The molecule has 0 aliphatic heterocycles. The highest BCUT2D eigenvalue weighted by Gasteiger charge is 2.27. The van der Waals surface area contributed by atoms with Crippen molar-refractivity contribution >= 4 is 28.8 Å². The standard InChI is InChI=1S/C27H22FN7O4/c1-15-10-12-30-27(33-15)39-20-9-8-18(19(11-13-36)23(20)28)21-22-25(29-2)31-14-32-26(22)34(3)24(21)16-4-6-17(7-5-16)35(37)38/h4-10,12-14H,11H2,1-3H3,(H,29,31,32). The molecule has 12 heteroatoms. The van der Waals surface area contributed by atoms with Crippen LogP contribution in [0.1, 0.15) is 11.3 Å². The summed E-state index contributed by atoms with van der Waals surface area (Å²) in [5.41, 5.74) is 3.43. The van der Waals surface area contributed by atoms with Crippen LogP contribution in [0.2, 0.25) is 0 Å². The second-order valence-corrected chi connectivity index (χ2v) is 8.61. The van der Waals surface area contributed by atoms with Crippen LogP contribution in [-0.4, -0.2) is 42.8 Å². The Hall–Kier alpha value is -5.26. The topological polar surface area (TPSA) is 138 Å². The van der Waals surface area contributed by atoms with E-state index in [9.17, 15) is 14.9 Å². The lowest BCUT2D eigenvalue weighted by Gasteiger charge is -2.15. The van der Waals surface area contributed by atoms with Crippen LogP contribution in [0.5, 0.6) is 11.8 Å². The molecule has 1 N–H and O–H groups in total. The number of halogens is 1. The third-order valence-electron chi connectivity index (χ3n) is 6.29. The normalized spacial score (nSPS) is 11.0. The van der Waals surface area contributed by atoms with Gasteiger partial charge >= 0.3 is 6.01 Å². The van der Waals surface area contributed by atoms with Gasteiger partial charge in [-0.2, -0.15) is 0 Å². The number of hydrogen-bond donors (Lipinski definition) is 1. The van der Waals surface area contributed by atoms with Crippen LogP contribution in [0.25, 0.3) is 33.4 Å². The summed E-state index contributed by atoms with van der Waals surface area (Å²) in [6.07, 6.45) is 3.28. The molecule has 0 saturated carbocycles. The molecule has 3 heterocycles. The van der Waals surface area contributed by atoms with E-state index >= 15 is 4.39 Å². The summed E-state index contributed by atoms with van der Waals surface area (Å²) in [6, 6.07) is 10.8. The molecule has 0 aliphatic rings. The Morgan fingerprint density at radius 2 is 1.90 bits per heavy atom. The van der Waals surface area contributed by atoms with E-state index in [1.807, 2.05) is 4.57 Å². The molecule has 0 saturated heterocycles. The number of anilines is 1. The highest BCUT2D eigenvalue weighted by Crippen LogP contribution is 2.45. The third kappa shape index (κ3) is 4.52. The summed E-state index contributed by atoms with van der Waals surface area (Å²) in [7, 11) is 3.49. The lowest BCUT2D eigenvalue weighted by molar-refractivity contribution is -0.384. The van der Waals surface area contributed by atoms with Gasteiger partial charge in [-0.3, -0.25) is 10.1 Å². The van der Waals surface area contributed by atoms with E-state index in [2.05, 4.69) is 25.3 Å². The zero-order chi connectivity index (χ0) is 27.7. The van der Waals surface area contributed by atoms with Crippen molar-refractivity contribution < 1.29 is 18.8 Å². The molecule has 0 atom stereocenters. The fourth-order valence-electron chi connectivity index (χ4n) is 4.55.